The number of aromatic hydroxyl groups is 1. The molecule has 2 aromatic carbocycles. The van der Waals surface area contributed by atoms with Crippen molar-refractivity contribution in [1.82, 2.24) is 5.43 Å². The SMILES string of the molecule is CCOc1cc(/C=N\NC(=O)c2cc(Cl)ccc2O)ccc1OC(=O)c1cccs1. The van der Waals surface area contributed by atoms with Gasteiger partial charge in [0.25, 0.3) is 5.91 Å². The summed E-state index contributed by atoms with van der Waals surface area (Å²) in [5, 5.41) is 15.7. The predicted octanol–water partition coefficient (Wildman–Crippen LogP) is 4.49. The number of halogens is 1. The van der Waals surface area contributed by atoms with Gasteiger partial charge in [-0.1, -0.05) is 17.7 Å². The number of phenols is 1. The van der Waals surface area contributed by atoms with Crippen LogP contribution >= 0.6 is 22.9 Å². The van der Waals surface area contributed by atoms with E-state index in [4.69, 9.17) is 21.1 Å². The number of amides is 1. The van der Waals surface area contributed by atoms with E-state index in [1.807, 2.05) is 6.92 Å². The van der Waals surface area contributed by atoms with Gasteiger partial charge in [0, 0.05) is 5.02 Å². The molecular formula is C21H17ClN2O5S. The molecule has 0 unspecified atom stereocenters. The summed E-state index contributed by atoms with van der Waals surface area (Å²) in [6.07, 6.45) is 1.40. The van der Waals surface area contributed by atoms with E-state index in [-0.39, 0.29) is 17.1 Å². The zero-order valence-corrected chi connectivity index (χ0v) is 17.4. The van der Waals surface area contributed by atoms with Gasteiger partial charge in [-0.2, -0.15) is 5.10 Å². The first kappa shape index (κ1) is 21.4. The van der Waals surface area contributed by atoms with E-state index < -0.39 is 11.9 Å². The van der Waals surface area contributed by atoms with Crippen molar-refractivity contribution in [3.63, 3.8) is 0 Å². The van der Waals surface area contributed by atoms with Crippen molar-refractivity contribution in [3.8, 4) is 17.2 Å². The number of carbonyl (C=O) groups is 2. The number of esters is 1. The maximum absolute atomic E-state index is 12.2. The molecule has 1 amide bonds. The Balaban J connectivity index is 1.71. The van der Waals surface area contributed by atoms with E-state index in [2.05, 4.69) is 10.5 Å². The Hall–Kier alpha value is -3.36. The number of rotatable bonds is 7. The summed E-state index contributed by atoms with van der Waals surface area (Å²) in [5.74, 6) is -0.646. The maximum atomic E-state index is 12.2. The number of thiophene rings is 1. The van der Waals surface area contributed by atoms with Crippen molar-refractivity contribution in [2.24, 2.45) is 5.10 Å². The van der Waals surface area contributed by atoms with Crippen molar-refractivity contribution >= 4 is 41.0 Å². The summed E-state index contributed by atoms with van der Waals surface area (Å²) in [4.78, 5) is 24.8. The van der Waals surface area contributed by atoms with Crippen LogP contribution in [-0.4, -0.2) is 29.8 Å². The number of hydrazone groups is 1. The van der Waals surface area contributed by atoms with Crippen molar-refractivity contribution < 1.29 is 24.2 Å². The van der Waals surface area contributed by atoms with Gasteiger partial charge in [0.1, 0.15) is 10.6 Å². The number of ether oxygens (including phenoxy) is 2. The highest BCUT2D eigenvalue weighted by molar-refractivity contribution is 7.12. The summed E-state index contributed by atoms with van der Waals surface area (Å²) >= 11 is 7.13. The highest BCUT2D eigenvalue weighted by Crippen LogP contribution is 2.29. The quantitative estimate of drug-likeness (QED) is 0.242. The van der Waals surface area contributed by atoms with E-state index in [0.717, 1.165) is 0 Å². The minimum absolute atomic E-state index is 0.00509. The second-order valence-electron chi connectivity index (χ2n) is 5.87. The van der Waals surface area contributed by atoms with E-state index >= 15 is 0 Å². The van der Waals surface area contributed by atoms with Crippen LogP contribution in [0.4, 0.5) is 0 Å². The van der Waals surface area contributed by atoms with Crippen molar-refractivity contribution in [2.75, 3.05) is 6.61 Å². The molecule has 30 heavy (non-hydrogen) atoms. The van der Waals surface area contributed by atoms with Gasteiger partial charge < -0.3 is 14.6 Å². The number of phenolic OH excluding ortho intramolecular Hbond substituents is 1. The van der Waals surface area contributed by atoms with Crippen molar-refractivity contribution in [3.05, 3.63) is 74.9 Å². The molecule has 7 nitrogen and oxygen atoms in total. The minimum Gasteiger partial charge on any atom is -0.507 e. The van der Waals surface area contributed by atoms with E-state index in [1.54, 1.807) is 35.7 Å². The third-order valence-electron chi connectivity index (χ3n) is 3.78. The molecule has 1 aromatic heterocycles. The van der Waals surface area contributed by atoms with Crippen LogP contribution in [0.15, 0.2) is 59.0 Å². The first-order valence-corrected chi connectivity index (χ1v) is 10.1. The lowest BCUT2D eigenvalue weighted by Crippen LogP contribution is -2.17. The fraction of sp³-hybridized carbons (Fsp3) is 0.0952. The first-order valence-electron chi connectivity index (χ1n) is 8.82. The van der Waals surface area contributed by atoms with Crippen LogP contribution < -0.4 is 14.9 Å². The summed E-state index contributed by atoms with van der Waals surface area (Å²) in [6.45, 7) is 2.18. The van der Waals surface area contributed by atoms with Crippen molar-refractivity contribution in [2.45, 2.75) is 6.92 Å². The Morgan fingerprint density at radius 1 is 1.20 bits per heavy atom. The number of hydrogen-bond acceptors (Lipinski definition) is 7. The van der Waals surface area contributed by atoms with E-state index in [1.165, 1.54) is 35.8 Å². The molecule has 0 aliphatic heterocycles. The van der Waals surface area contributed by atoms with Gasteiger partial charge in [0.15, 0.2) is 11.5 Å². The largest absolute Gasteiger partial charge is 0.507 e. The summed E-state index contributed by atoms with van der Waals surface area (Å²) in [7, 11) is 0. The molecule has 0 saturated carbocycles. The number of benzene rings is 2. The molecule has 0 spiro atoms. The third-order valence-corrected chi connectivity index (χ3v) is 4.86. The number of hydrogen-bond donors (Lipinski definition) is 2. The number of nitrogens with one attached hydrogen (secondary N) is 1. The van der Waals surface area contributed by atoms with Crippen LogP contribution in [0.2, 0.25) is 5.02 Å². The zero-order chi connectivity index (χ0) is 21.5. The monoisotopic (exact) mass is 444 g/mol. The van der Waals surface area contributed by atoms with Crippen LogP contribution in [0.3, 0.4) is 0 Å². The molecule has 0 aliphatic carbocycles. The number of carbonyl (C=O) groups excluding carboxylic acids is 2. The lowest BCUT2D eigenvalue weighted by Gasteiger charge is -2.10. The molecule has 0 fully saturated rings. The second kappa shape index (κ2) is 9.91. The van der Waals surface area contributed by atoms with E-state index in [9.17, 15) is 14.7 Å². The molecule has 0 aliphatic rings. The van der Waals surface area contributed by atoms with Crippen LogP contribution in [0.25, 0.3) is 0 Å². The standard InChI is InChI=1S/C21H17ClN2O5S/c1-2-28-18-10-13(5-8-17(18)29-21(27)19-4-3-9-30-19)12-23-24-20(26)15-11-14(22)6-7-16(15)25/h3-12,25H,2H2,1H3,(H,24,26)/b23-12-. The van der Waals surface area contributed by atoms with Gasteiger partial charge in [-0.3, -0.25) is 4.79 Å². The highest BCUT2D eigenvalue weighted by atomic mass is 35.5. The lowest BCUT2D eigenvalue weighted by molar-refractivity contribution is 0.0733. The van der Waals surface area contributed by atoms with E-state index in [0.29, 0.717) is 27.8 Å². The van der Waals surface area contributed by atoms with Crippen LogP contribution in [0, 0.1) is 0 Å². The molecule has 154 valence electrons. The van der Waals surface area contributed by atoms with Gasteiger partial charge >= 0.3 is 5.97 Å². The first-order chi connectivity index (χ1) is 14.5. The Labute approximate surface area is 181 Å². The molecule has 1 heterocycles. The smallest absolute Gasteiger partial charge is 0.353 e. The molecule has 9 heteroatoms. The van der Waals surface area contributed by atoms with Crippen LogP contribution in [0.1, 0.15) is 32.5 Å². The molecule has 0 atom stereocenters. The summed E-state index contributed by atoms with van der Waals surface area (Å²) in [6, 6.07) is 12.5. The molecule has 0 bridgehead atoms. The zero-order valence-electron chi connectivity index (χ0n) is 15.8. The van der Waals surface area contributed by atoms with Gasteiger partial charge in [0.05, 0.1) is 18.4 Å². The van der Waals surface area contributed by atoms with Gasteiger partial charge in [-0.05, 0) is 60.3 Å². The second-order valence-corrected chi connectivity index (χ2v) is 7.25. The summed E-state index contributed by atoms with van der Waals surface area (Å²) in [5.41, 5.74) is 2.93. The fourth-order valence-electron chi connectivity index (χ4n) is 2.42. The molecule has 3 rings (SSSR count). The van der Waals surface area contributed by atoms with Gasteiger partial charge in [0.2, 0.25) is 0 Å². The maximum Gasteiger partial charge on any atom is 0.353 e. The topological polar surface area (TPSA) is 97.2 Å². The molecule has 3 aromatic rings. The molecular weight excluding hydrogens is 428 g/mol. The average molecular weight is 445 g/mol. The Morgan fingerprint density at radius 3 is 2.77 bits per heavy atom. The summed E-state index contributed by atoms with van der Waals surface area (Å²) < 4.78 is 11.0. The molecule has 2 N–H and O–H groups in total. The molecule has 0 radical (unpaired) electrons. The lowest BCUT2D eigenvalue weighted by atomic mass is 10.2. The normalized spacial score (nSPS) is 10.7. The van der Waals surface area contributed by atoms with Gasteiger partial charge in [-0.15, -0.1) is 11.3 Å². The van der Waals surface area contributed by atoms with Crippen molar-refractivity contribution in [1.29, 1.82) is 0 Å². The van der Waals surface area contributed by atoms with Gasteiger partial charge in [-0.25, -0.2) is 10.2 Å². The Kier molecular flexibility index (Phi) is 7.05. The average Bonchev–Trinajstić information content (AvgIpc) is 3.27. The predicted molar refractivity (Wildman–Crippen MR) is 115 cm³/mol. The molecule has 0 saturated heterocycles. The highest BCUT2D eigenvalue weighted by Gasteiger charge is 2.14. The minimum atomic E-state index is -0.613. The van der Waals surface area contributed by atoms with Crippen LogP contribution in [-0.2, 0) is 0 Å². The Bertz CT molecular complexity index is 1080. The Morgan fingerprint density at radius 2 is 2.03 bits per heavy atom. The van der Waals surface area contributed by atoms with Crippen LogP contribution in [0.5, 0.6) is 17.2 Å². The number of nitrogens with zero attached hydrogens (tertiary/aromatic N) is 1. The third kappa shape index (κ3) is 5.37. The fourth-order valence-corrected chi connectivity index (χ4v) is 3.19.